The van der Waals surface area contributed by atoms with Crippen LogP contribution in [0.25, 0.3) is 0 Å². The molecule has 0 saturated heterocycles. The van der Waals surface area contributed by atoms with Crippen molar-refractivity contribution in [1.82, 2.24) is 0 Å². The zero-order valence-electron chi connectivity index (χ0n) is 11.0. The number of hydrogen-bond acceptors (Lipinski definition) is 1. The van der Waals surface area contributed by atoms with Gasteiger partial charge in [-0.1, -0.05) is 48.3 Å². The lowest BCUT2D eigenvalue weighted by Crippen LogP contribution is -2.07. The van der Waals surface area contributed by atoms with Crippen molar-refractivity contribution >= 4 is 38.9 Å². The maximum atomic E-state index is 13.9. The van der Waals surface area contributed by atoms with E-state index in [1.807, 2.05) is 6.07 Å². The minimum Gasteiger partial charge on any atom is -0.207 e. The van der Waals surface area contributed by atoms with Crippen molar-refractivity contribution in [2.24, 2.45) is 0 Å². The average molecular weight is 362 g/mol. The molecule has 1 atom stereocenters. The Hall–Kier alpha value is -0.380. The third-order valence-electron chi connectivity index (χ3n) is 2.85. The maximum absolute atomic E-state index is 13.9. The monoisotopic (exact) mass is 360 g/mol. The lowest BCUT2D eigenvalue weighted by Gasteiger charge is -2.16. The fourth-order valence-electron chi connectivity index (χ4n) is 1.75. The Morgan fingerprint density at radius 2 is 1.89 bits per heavy atom. The average Bonchev–Trinajstić information content (AvgIpc) is 2.80. The highest BCUT2D eigenvalue weighted by Crippen LogP contribution is 2.40. The van der Waals surface area contributed by atoms with Gasteiger partial charge >= 0.3 is 0 Å². The minimum absolute atomic E-state index is 0.114. The summed E-state index contributed by atoms with van der Waals surface area (Å²) in [7, 11) is 0. The molecule has 1 unspecified atom stereocenters. The van der Waals surface area contributed by atoms with Gasteiger partial charge in [-0.05, 0) is 35.7 Å². The highest BCUT2D eigenvalue weighted by molar-refractivity contribution is 9.09. The molecule has 1 aromatic heterocycles. The van der Waals surface area contributed by atoms with Crippen molar-refractivity contribution in [2.75, 3.05) is 0 Å². The van der Waals surface area contributed by atoms with E-state index in [0.717, 1.165) is 4.88 Å². The van der Waals surface area contributed by atoms with Crippen LogP contribution in [0.2, 0.25) is 5.02 Å². The summed E-state index contributed by atoms with van der Waals surface area (Å²) in [5.74, 6) is -0.239. The van der Waals surface area contributed by atoms with E-state index >= 15 is 0 Å². The molecular formula is C15H15BrClFS. The largest absolute Gasteiger partial charge is 0.207 e. The molecule has 0 saturated carbocycles. The van der Waals surface area contributed by atoms with E-state index < -0.39 is 0 Å². The molecule has 0 aliphatic rings. The minimum atomic E-state index is -0.239. The first-order chi connectivity index (χ1) is 8.79. The summed E-state index contributed by atoms with van der Waals surface area (Å²) in [5, 5.41) is 0.549. The standard InChI is InChI=1S/C15H15BrClFS/c1-15(2,3)13-7-6-12(19-13)14(16)10-8-9(17)4-5-11(10)18/h4-8,14H,1-3H3. The van der Waals surface area contributed by atoms with Gasteiger partial charge in [0.25, 0.3) is 0 Å². The molecule has 0 aliphatic carbocycles. The number of halogens is 3. The molecule has 2 aromatic rings. The first-order valence-corrected chi connectivity index (χ1v) is 8.09. The van der Waals surface area contributed by atoms with Gasteiger partial charge in [-0.15, -0.1) is 11.3 Å². The Morgan fingerprint density at radius 1 is 1.21 bits per heavy atom. The third-order valence-corrected chi connectivity index (χ3v) is 5.95. The molecule has 4 heteroatoms. The van der Waals surface area contributed by atoms with E-state index in [0.29, 0.717) is 10.6 Å². The Labute approximate surface area is 130 Å². The summed E-state index contributed by atoms with van der Waals surface area (Å²) in [6.45, 7) is 6.52. The van der Waals surface area contributed by atoms with E-state index in [9.17, 15) is 4.39 Å². The Morgan fingerprint density at radius 3 is 2.47 bits per heavy atom. The van der Waals surface area contributed by atoms with E-state index in [4.69, 9.17) is 11.6 Å². The van der Waals surface area contributed by atoms with Gasteiger partial charge in [0.2, 0.25) is 0 Å². The molecule has 0 N–H and O–H groups in total. The van der Waals surface area contributed by atoms with Crippen molar-refractivity contribution in [1.29, 1.82) is 0 Å². The normalized spacial score (nSPS) is 13.6. The molecule has 0 aliphatic heterocycles. The van der Waals surface area contributed by atoms with Crippen LogP contribution >= 0.6 is 38.9 Å². The highest BCUT2D eigenvalue weighted by Gasteiger charge is 2.21. The number of rotatable bonds is 2. The fourth-order valence-corrected chi connectivity index (χ4v) is 3.78. The molecule has 2 rings (SSSR count). The van der Waals surface area contributed by atoms with Crippen LogP contribution in [0.1, 0.15) is 40.9 Å². The van der Waals surface area contributed by atoms with Crippen molar-refractivity contribution in [3.05, 3.63) is 56.5 Å². The van der Waals surface area contributed by atoms with Crippen LogP contribution in [0, 0.1) is 5.82 Å². The Bertz CT molecular complexity index is 586. The summed E-state index contributed by atoms with van der Waals surface area (Å²) in [6, 6.07) is 8.80. The van der Waals surface area contributed by atoms with Gasteiger partial charge < -0.3 is 0 Å². The van der Waals surface area contributed by atoms with Crippen LogP contribution in [0.4, 0.5) is 4.39 Å². The van der Waals surface area contributed by atoms with Crippen LogP contribution in [0.3, 0.4) is 0 Å². The smallest absolute Gasteiger partial charge is 0.128 e. The fraction of sp³-hybridized carbons (Fsp3) is 0.333. The second-order valence-electron chi connectivity index (χ2n) is 5.48. The van der Waals surface area contributed by atoms with E-state index in [1.165, 1.54) is 10.9 Å². The molecule has 19 heavy (non-hydrogen) atoms. The first-order valence-electron chi connectivity index (χ1n) is 5.98. The number of hydrogen-bond donors (Lipinski definition) is 0. The summed E-state index contributed by atoms with van der Waals surface area (Å²) >= 11 is 11.2. The van der Waals surface area contributed by atoms with Gasteiger partial charge in [-0.2, -0.15) is 0 Å². The van der Waals surface area contributed by atoms with Gasteiger partial charge in [0.05, 0.1) is 4.83 Å². The van der Waals surface area contributed by atoms with Crippen molar-refractivity contribution < 1.29 is 4.39 Å². The highest BCUT2D eigenvalue weighted by atomic mass is 79.9. The summed E-state index contributed by atoms with van der Waals surface area (Å²) in [4.78, 5) is 2.22. The first kappa shape index (κ1) is 15.0. The molecule has 0 spiro atoms. The predicted molar refractivity (Wildman–Crippen MR) is 85.2 cm³/mol. The number of alkyl halides is 1. The van der Waals surface area contributed by atoms with Gasteiger partial charge in [-0.3, -0.25) is 0 Å². The van der Waals surface area contributed by atoms with Crippen LogP contribution in [-0.4, -0.2) is 0 Å². The molecule has 1 aromatic carbocycles. The zero-order chi connectivity index (χ0) is 14.2. The lowest BCUT2D eigenvalue weighted by atomic mass is 9.95. The lowest BCUT2D eigenvalue weighted by molar-refractivity contribution is 0.604. The Kier molecular flexibility index (Phi) is 4.38. The summed E-state index contributed by atoms with van der Waals surface area (Å²) in [5.41, 5.74) is 0.692. The van der Waals surface area contributed by atoms with Crippen LogP contribution < -0.4 is 0 Å². The second-order valence-corrected chi connectivity index (χ2v) is 7.95. The number of thiophene rings is 1. The molecular weight excluding hydrogens is 347 g/mol. The third kappa shape index (κ3) is 3.39. The van der Waals surface area contributed by atoms with Crippen LogP contribution in [0.5, 0.6) is 0 Å². The molecule has 1 heterocycles. The van der Waals surface area contributed by atoms with Crippen LogP contribution in [-0.2, 0) is 5.41 Å². The molecule has 0 nitrogen and oxygen atoms in total. The predicted octanol–water partition coefficient (Wildman–Crippen LogP) is 6.32. The second kappa shape index (κ2) is 5.55. The van der Waals surface area contributed by atoms with Crippen LogP contribution in [0.15, 0.2) is 30.3 Å². The SMILES string of the molecule is CC(C)(C)c1ccc(C(Br)c2cc(Cl)ccc2F)s1. The Balaban J connectivity index is 2.36. The van der Waals surface area contributed by atoms with Crippen molar-refractivity contribution in [3.8, 4) is 0 Å². The summed E-state index contributed by atoms with van der Waals surface area (Å²) in [6.07, 6.45) is 0. The van der Waals surface area contributed by atoms with E-state index in [2.05, 4.69) is 42.8 Å². The molecule has 102 valence electrons. The van der Waals surface area contributed by atoms with E-state index in [1.54, 1.807) is 23.5 Å². The van der Waals surface area contributed by atoms with Gasteiger partial charge in [0.1, 0.15) is 5.82 Å². The number of benzene rings is 1. The van der Waals surface area contributed by atoms with Gasteiger partial charge in [0, 0.05) is 20.3 Å². The van der Waals surface area contributed by atoms with Crippen molar-refractivity contribution in [3.63, 3.8) is 0 Å². The van der Waals surface area contributed by atoms with Gasteiger partial charge in [-0.25, -0.2) is 4.39 Å². The van der Waals surface area contributed by atoms with Crippen molar-refractivity contribution in [2.45, 2.75) is 31.0 Å². The quantitative estimate of drug-likeness (QED) is 0.549. The van der Waals surface area contributed by atoms with E-state index in [-0.39, 0.29) is 16.1 Å². The molecule has 0 fully saturated rings. The van der Waals surface area contributed by atoms with Gasteiger partial charge in [0.15, 0.2) is 0 Å². The maximum Gasteiger partial charge on any atom is 0.128 e. The zero-order valence-corrected chi connectivity index (χ0v) is 14.2. The molecule has 0 bridgehead atoms. The summed E-state index contributed by atoms with van der Waals surface area (Å²) < 4.78 is 13.9. The topological polar surface area (TPSA) is 0 Å². The molecule has 0 radical (unpaired) electrons. The molecule has 0 amide bonds.